The van der Waals surface area contributed by atoms with Crippen molar-refractivity contribution in [3.8, 4) is 11.3 Å². The van der Waals surface area contributed by atoms with Crippen LogP contribution >= 0.6 is 11.3 Å². The van der Waals surface area contributed by atoms with E-state index in [-0.39, 0.29) is 5.82 Å². The van der Waals surface area contributed by atoms with Crippen molar-refractivity contribution in [2.45, 2.75) is 18.8 Å². The van der Waals surface area contributed by atoms with Gasteiger partial charge in [-0.25, -0.2) is 9.37 Å². The Hall–Kier alpha value is -1.42. The third-order valence-corrected chi connectivity index (χ3v) is 3.51. The Balaban J connectivity index is 1.99. The first-order chi connectivity index (χ1) is 7.74. The molecule has 82 valence electrons. The monoisotopic (exact) mass is 234 g/mol. The molecule has 0 aliphatic heterocycles. The molecule has 1 aliphatic rings. The van der Waals surface area contributed by atoms with E-state index < -0.39 is 0 Å². The van der Waals surface area contributed by atoms with Crippen molar-refractivity contribution in [2.75, 3.05) is 5.73 Å². The molecule has 1 saturated carbocycles. The highest BCUT2D eigenvalue weighted by molar-refractivity contribution is 7.13. The minimum atomic E-state index is -0.119. The molecule has 0 radical (unpaired) electrons. The van der Waals surface area contributed by atoms with Crippen LogP contribution in [0.25, 0.3) is 11.3 Å². The minimum absolute atomic E-state index is 0.119. The van der Waals surface area contributed by atoms with Crippen LogP contribution < -0.4 is 5.73 Å². The van der Waals surface area contributed by atoms with E-state index in [0.717, 1.165) is 29.7 Å². The van der Waals surface area contributed by atoms with E-state index in [2.05, 4.69) is 4.98 Å². The van der Waals surface area contributed by atoms with Crippen LogP contribution in [0, 0.1) is 5.82 Å². The van der Waals surface area contributed by atoms with E-state index >= 15 is 0 Å². The Bertz CT molecular complexity index is 532. The molecule has 2 aromatic rings. The largest absolute Gasteiger partial charge is 0.375 e. The Morgan fingerprint density at radius 3 is 2.75 bits per heavy atom. The molecule has 1 aromatic carbocycles. The molecular weight excluding hydrogens is 223 g/mol. The molecule has 1 heterocycles. The molecule has 3 rings (SSSR count). The Morgan fingerprint density at radius 1 is 1.38 bits per heavy atom. The van der Waals surface area contributed by atoms with Crippen LogP contribution in [0.3, 0.4) is 0 Å². The van der Waals surface area contributed by atoms with Gasteiger partial charge in [0.1, 0.15) is 5.82 Å². The maximum absolute atomic E-state index is 13.8. The van der Waals surface area contributed by atoms with Gasteiger partial charge >= 0.3 is 0 Å². The van der Waals surface area contributed by atoms with Gasteiger partial charge in [-0.3, -0.25) is 0 Å². The first-order valence-corrected chi connectivity index (χ1v) is 6.13. The van der Waals surface area contributed by atoms with Crippen molar-refractivity contribution in [2.24, 2.45) is 0 Å². The van der Waals surface area contributed by atoms with E-state index in [1.165, 1.54) is 11.3 Å². The minimum Gasteiger partial charge on any atom is -0.375 e. The van der Waals surface area contributed by atoms with Gasteiger partial charge in [0.15, 0.2) is 5.13 Å². The predicted molar refractivity (Wildman–Crippen MR) is 63.9 cm³/mol. The first-order valence-electron chi connectivity index (χ1n) is 5.25. The van der Waals surface area contributed by atoms with Gasteiger partial charge in [0, 0.05) is 10.9 Å². The molecule has 0 atom stereocenters. The summed E-state index contributed by atoms with van der Waals surface area (Å²) in [4.78, 5) is 4.14. The summed E-state index contributed by atoms with van der Waals surface area (Å²) in [6, 6.07) is 5.35. The van der Waals surface area contributed by atoms with Gasteiger partial charge in [-0.05, 0) is 30.4 Å². The van der Waals surface area contributed by atoms with Crippen molar-refractivity contribution in [3.05, 3.63) is 35.0 Å². The number of rotatable bonds is 2. The summed E-state index contributed by atoms with van der Waals surface area (Å²) in [5.41, 5.74) is 7.95. The number of nitrogens with zero attached hydrogens (tertiary/aromatic N) is 1. The number of hydrogen-bond donors (Lipinski definition) is 1. The second kappa shape index (κ2) is 3.56. The SMILES string of the molecule is Nc1nc(-c2ccc(C3CC3)c(F)c2)cs1. The van der Waals surface area contributed by atoms with Gasteiger partial charge in [0.2, 0.25) is 0 Å². The van der Waals surface area contributed by atoms with Crippen molar-refractivity contribution in [3.63, 3.8) is 0 Å². The Labute approximate surface area is 96.9 Å². The summed E-state index contributed by atoms with van der Waals surface area (Å²) in [6.45, 7) is 0. The van der Waals surface area contributed by atoms with Crippen molar-refractivity contribution < 1.29 is 4.39 Å². The maximum Gasteiger partial charge on any atom is 0.180 e. The fraction of sp³-hybridized carbons (Fsp3) is 0.250. The third kappa shape index (κ3) is 1.69. The van der Waals surface area contributed by atoms with Crippen LogP contribution in [0.15, 0.2) is 23.6 Å². The molecule has 2 nitrogen and oxygen atoms in total. The third-order valence-electron chi connectivity index (χ3n) is 2.84. The standard InChI is InChI=1S/C12H11FN2S/c13-10-5-8(11-6-16-12(14)15-11)3-4-9(10)7-1-2-7/h3-7H,1-2H2,(H2,14,15). The van der Waals surface area contributed by atoms with Gasteiger partial charge in [-0.1, -0.05) is 12.1 Å². The second-order valence-corrected chi connectivity index (χ2v) is 4.97. The number of halogens is 1. The lowest BCUT2D eigenvalue weighted by molar-refractivity contribution is 0.611. The fourth-order valence-corrected chi connectivity index (χ4v) is 2.40. The van der Waals surface area contributed by atoms with Crippen molar-refractivity contribution >= 4 is 16.5 Å². The van der Waals surface area contributed by atoms with Gasteiger partial charge in [-0.2, -0.15) is 0 Å². The summed E-state index contributed by atoms with van der Waals surface area (Å²) >= 11 is 1.37. The van der Waals surface area contributed by atoms with Crippen LogP contribution in [0.1, 0.15) is 24.3 Å². The molecule has 0 bridgehead atoms. The van der Waals surface area contributed by atoms with E-state index in [9.17, 15) is 4.39 Å². The molecule has 1 fully saturated rings. The summed E-state index contributed by atoms with van der Waals surface area (Å²) in [5, 5.41) is 2.36. The Kier molecular flexibility index (Phi) is 2.17. The van der Waals surface area contributed by atoms with E-state index in [4.69, 9.17) is 5.73 Å². The highest BCUT2D eigenvalue weighted by Crippen LogP contribution is 2.41. The van der Waals surface area contributed by atoms with E-state index in [0.29, 0.717) is 11.0 Å². The summed E-state index contributed by atoms with van der Waals surface area (Å²) < 4.78 is 13.8. The molecule has 0 saturated heterocycles. The highest BCUT2D eigenvalue weighted by Gasteiger charge is 2.26. The molecular formula is C12H11FN2S. The molecule has 0 unspecified atom stereocenters. The van der Waals surface area contributed by atoms with E-state index in [1.54, 1.807) is 6.07 Å². The van der Waals surface area contributed by atoms with Crippen molar-refractivity contribution in [1.29, 1.82) is 0 Å². The number of aromatic nitrogens is 1. The summed E-state index contributed by atoms with van der Waals surface area (Å²) in [7, 11) is 0. The molecule has 1 aromatic heterocycles. The maximum atomic E-state index is 13.8. The molecule has 2 N–H and O–H groups in total. The second-order valence-electron chi connectivity index (χ2n) is 4.08. The zero-order valence-electron chi connectivity index (χ0n) is 8.61. The predicted octanol–water partition coefficient (Wildman–Crippen LogP) is 3.41. The van der Waals surface area contributed by atoms with Gasteiger partial charge in [0.25, 0.3) is 0 Å². The number of nitrogen functional groups attached to an aromatic ring is 1. The lowest BCUT2D eigenvalue weighted by Gasteiger charge is -2.02. The van der Waals surface area contributed by atoms with Gasteiger partial charge < -0.3 is 5.73 Å². The number of benzene rings is 1. The summed E-state index contributed by atoms with van der Waals surface area (Å²) in [5.74, 6) is 0.320. The molecule has 0 amide bonds. The molecule has 1 aliphatic carbocycles. The van der Waals surface area contributed by atoms with Crippen LogP contribution in [0.5, 0.6) is 0 Å². The molecule has 0 spiro atoms. The van der Waals surface area contributed by atoms with Crippen LogP contribution in [0.4, 0.5) is 9.52 Å². The first kappa shape index (κ1) is 9.78. The topological polar surface area (TPSA) is 38.9 Å². The fourth-order valence-electron chi connectivity index (χ4n) is 1.83. The zero-order valence-corrected chi connectivity index (χ0v) is 9.43. The van der Waals surface area contributed by atoms with Crippen LogP contribution in [-0.4, -0.2) is 4.98 Å². The zero-order chi connectivity index (χ0) is 11.1. The number of nitrogens with two attached hydrogens (primary N) is 1. The van der Waals surface area contributed by atoms with E-state index in [1.807, 2.05) is 17.5 Å². The van der Waals surface area contributed by atoms with Crippen LogP contribution in [0.2, 0.25) is 0 Å². The summed E-state index contributed by atoms with van der Waals surface area (Å²) in [6.07, 6.45) is 2.22. The van der Waals surface area contributed by atoms with Crippen LogP contribution in [-0.2, 0) is 0 Å². The smallest absolute Gasteiger partial charge is 0.180 e. The average Bonchev–Trinajstić information content (AvgIpc) is 3.01. The normalized spacial score (nSPS) is 15.3. The average molecular weight is 234 g/mol. The number of anilines is 1. The quantitative estimate of drug-likeness (QED) is 0.864. The number of thiazole rings is 1. The Morgan fingerprint density at radius 2 is 2.19 bits per heavy atom. The highest BCUT2D eigenvalue weighted by atomic mass is 32.1. The number of hydrogen-bond acceptors (Lipinski definition) is 3. The lowest BCUT2D eigenvalue weighted by atomic mass is 10.1. The van der Waals surface area contributed by atoms with Gasteiger partial charge in [-0.15, -0.1) is 11.3 Å². The van der Waals surface area contributed by atoms with Gasteiger partial charge in [0.05, 0.1) is 5.69 Å². The molecule has 16 heavy (non-hydrogen) atoms. The van der Waals surface area contributed by atoms with Crippen molar-refractivity contribution in [1.82, 2.24) is 4.98 Å². The molecule has 4 heteroatoms. The lowest BCUT2D eigenvalue weighted by Crippen LogP contribution is -1.89.